The van der Waals surface area contributed by atoms with Gasteiger partial charge in [0.05, 0.1) is 0 Å². The van der Waals surface area contributed by atoms with Crippen molar-refractivity contribution in [3.63, 3.8) is 0 Å². The lowest BCUT2D eigenvalue weighted by atomic mass is 10.4. The second kappa shape index (κ2) is 1.78. The number of rotatable bonds is 0. The molecule has 1 heterocycles. The van der Waals surface area contributed by atoms with E-state index in [4.69, 9.17) is 0 Å². The monoisotopic (exact) mass is 170 g/mol. The Balaban J connectivity index is 2.88. The fourth-order valence-electron chi connectivity index (χ4n) is 0.459. The molecule has 1 fully saturated rings. The Kier molecular flexibility index (Phi) is 1.37. The standard InChI is InChI=1S/C4H5F2O3P/c1-3(10)4(5,6)9-2(7)8-3/h10H2,1H3. The molecule has 1 aliphatic rings. The van der Waals surface area contributed by atoms with E-state index in [2.05, 4.69) is 9.47 Å². The van der Waals surface area contributed by atoms with Crippen molar-refractivity contribution in [1.82, 2.24) is 0 Å². The second-order valence-corrected chi connectivity index (χ2v) is 3.18. The van der Waals surface area contributed by atoms with Crippen molar-refractivity contribution in [3.05, 3.63) is 0 Å². The summed E-state index contributed by atoms with van der Waals surface area (Å²) in [7, 11) is 1.71. The van der Waals surface area contributed by atoms with Gasteiger partial charge < -0.3 is 9.47 Å². The van der Waals surface area contributed by atoms with Gasteiger partial charge in [-0.15, -0.1) is 0 Å². The molecular weight excluding hydrogens is 165 g/mol. The molecule has 0 N–H and O–H groups in total. The predicted molar refractivity (Wildman–Crippen MR) is 30.6 cm³/mol. The van der Waals surface area contributed by atoms with E-state index < -0.39 is 17.6 Å². The largest absolute Gasteiger partial charge is 0.514 e. The number of alkyl halides is 2. The molecule has 0 aromatic heterocycles. The zero-order chi connectivity index (χ0) is 7.99. The molecule has 0 bridgehead atoms. The smallest absolute Gasteiger partial charge is 0.413 e. The molecule has 1 saturated heterocycles. The van der Waals surface area contributed by atoms with Crippen LogP contribution in [0, 0.1) is 0 Å². The van der Waals surface area contributed by atoms with Crippen LogP contribution < -0.4 is 0 Å². The van der Waals surface area contributed by atoms with Gasteiger partial charge in [0.15, 0.2) is 0 Å². The van der Waals surface area contributed by atoms with Crippen LogP contribution in [0.3, 0.4) is 0 Å². The lowest BCUT2D eigenvalue weighted by Gasteiger charge is -2.19. The minimum atomic E-state index is -3.55. The lowest BCUT2D eigenvalue weighted by Crippen LogP contribution is -2.36. The zero-order valence-electron chi connectivity index (χ0n) is 5.06. The van der Waals surface area contributed by atoms with E-state index >= 15 is 0 Å². The first-order valence-electron chi connectivity index (χ1n) is 2.44. The molecule has 1 aliphatic heterocycles. The molecule has 0 saturated carbocycles. The lowest BCUT2D eigenvalue weighted by molar-refractivity contribution is -0.205. The van der Waals surface area contributed by atoms with Crippen molar-refractivity contribution in [2.45, 2.75) is 18.4 Å². The van der Waals surface area contributed by atoms with Crippen LogP contribution in [0.2, 0.25) is 0 Å². The number of hydrogen-bond acceptors (Lipinski definition) is 3. The van der Waals surface area contributed by atoms with Crippen molar-refractivity contribution in [1.29, 1.82) is 0 Å². The number of carbonyl (C=O) groups is 1. The molecule has 2 unspecified atom stereocenters. The van der Waals surface area contributed by atoms with Gasteiger partial charge in [-0.25, -0.2) is 4.79 Å². The predicted octanol–water partition coefficient (Wildman–Crippen LogP) is 1.34. The number of ether oxygens (including phenoxy) is 2. The molecule has 10 heavy (non-hydrogen) atoms. The van der Waals surface area contributed by atoms with Gasteiger partial charge in [0.1, 0.15) is 0 Å². The summed E-state index contributed by atoms with van der Waals surface area (Å²) in [5.74, 6) is 0. The normalized spacial score (nSPS) is 37.0. The van der Waals surface area contributed by atoms with Gasteiger partial charge in [0, 0.05) is 0 Å². The minimum absolute atomic E-state index is 1.04. The van der Waals surface area contributed by atoms with Crippen molar-refractivity contribution in [2.75, 3.05) is 0 Å². The number of carbonyl (C=O) groups excluding carboxylic acids is 1. The molecule has 1 rings (SSSR count). The molecule has 0 spiro atoms. The van der Waals surface area contributed by atoms with E-state index in [0.29, 0.717) is 0 Å². The van der Waals surface area contributed by atoms with Crippen LogP contribution >= 0.6 is 9.24 Å². The summed E-state index contributed by atoms with van der Waals surface area (Å²) in [5.41, 5.74) is 0. The molecule has 0 aromatic carbocycles. The summed E-state index contributed by atoms with van der Waals surface area (Å²) in [5, 5.41) is -1.93. The van der Waals surface area contributed by atoms with Crippen LogP contribution in [0.15, 0.2) is 0 Å². The minimum Gasteiger partial charge on any atom is -0.413 e. The van der Waals surface area contributed by atoms with E-state index in [1.54, 1.807) is 9.24 Å². The fraction of sp³-hybridized carbons (Fsp3) is 0.750. The Labute approximate surface area is 57.9 Å². The summed E-state index contributed by atoms with van der Waals surface area (Å²) < 4.78 is 32.4. The quantitative estimate of drug-likeness (QED) is 0.406. The third-order valence-electron chi connectivity index (χ3n) is 1.08. The Morgan fingerprint density at radius 1 is 1.50 bits per heavy atom. The first kappa shape index (κ1) is 7.66. The summed E-state index contributed by atoms with van der Waals surface area (Å²) in [4.78, 5) is 10.1. The zero-order valence-corrected chi connectivity index (χ0v) is 6.21. The first-order valence-corrected chi connectivity index (χ1v) is 3.01. The summed E-state index contributed by atoms with van der Waals surface area (Å²) in [6.45, 7) is 1.04. The topological polar surface area (TPSA) is 35.5 Å². The first-order chi connectivity index (χ1) is 4.35. The Hall–Kier alpha value is -0.440. The molecule has 0 aromatic rings. The highest BCUT2D eigenvalue weighted by Crippen LogP contribution is 2.43. The van der Waals surface area contributed by atoms with Gasteiger partial charge in [-0.05, 0) is 6.92 Å². The van der Waals surface area contributed by atoms with Crippen LogP contribution in [0.5, 0.6) is 0 Å². The number of halogens is 2. The van der Waals surface area contributed by atoms with Gasteiger partial charge >= 0.3 is 12.3 Å². The van der Waals surface area contributed by atoms with Gasteiger partial charge in [-0.2, -0.15) is 8.78 Å². The maximum absolute atomic E-state index is 12.4. The molecular formula is C4H5F2O3P. The SMILES string of the molecule is CC1(P)OC(=O)OC1(F)F. The highest BCUT2D eigenvalue weighted by molar-refractivity contribution is 7.18. The second-order valence-electron chi connectivity index (χ2n) is 2.08. The average molecular weight is 170 g/mol. The van der Waals surface area contributed by atoms with Crippen LogP contribution in [0.4, 0.5) is 13.6 Å². The van der Waals surface area contributed by atoms with Crippen molar-refractivity contribution < 1.29 is 23.0 Å². The van der Waals surface area contributed by atoms with Gasteiger partial charge in [0.25, 0.3) is 0 Å². The van der Waals surface area contributed by atoms with Crippen molar-refractivity contribution in [2.24, 2.45) is 0 Å². The van der Waals surface area contributed by atoms with Crippen LogP contribution in [0.25, 0.3) is 0 Å². The van der Waals surface area contributed by atoms with Crippen LogP contribution in [-0.4, -0.2) is 17.6 Å². The van der Waals surface area contributed by atoms with E-state index in [1.807, 2.05) is 0 Å². The molecule has 6 heteroatoms. The molecule has 0 aliphatic carbocycles. The highest BCUT2D eigenvalue weighted by atomic mass is 31.0. The fourth-order valence-corrected chi connectivity index (χ4v) is 0.614. The third-order valence-corrected chi connectivity index (χ3v) is 1.54. The van der Waals surface area contributed by atoms with Gasteiger partial charge in [-0.1, -0.05) is 9.24 Å². The maximum atomic E-state index is 12.4. The Bertz CT molecular complexity index is 161. The Morgan fingerprint density at radius 3 is 2.10 bits per heavy atom. The van der Waals surface area contributed by atoms with Gasteiger partial charge in [0.2, 0.25) is 5.34 Å². The average Bonchev–Trinajstić information content (AvgIpc) is 1.73. The maximum Gasteiger partial charge on any atom is 0.514 e. The van der Waals surface area contributed by atoms with Crippen LogP contribution in [-0.2, 0) is 9.47 Å². The Morgan fingerprint density at radius 2 is 2.00 bits per heavy atom. The molecule has 0 radical (unpaired) electrons. The van der Waals surface area contributed by atoms with Crippen molar-refractivity contribution in [3.8, 4) is 0 Å². The highest BCUT2D eigenvalue weighted by Gasteiger charge is 2.60. The van der Waals surface area contributed by atoms with E-state index in [1.165, 1.54) is 0 Å². The molecule has 0 amide bonds. The third kappa shape index (κ3) is 0.944. The number of cyclic esters (lactones) is 2. The molecule has 58 valence electrons. The van der Waals surface area contributed by atoms with E-state index in [9.17, 15) is 13.6 Å². The summed E-state index contributed by atoms with van der Waals surface area (Å²) >= 11 is 0. The van der Waals surface area contributed by atoms with E-state index in [0.717, 1.165) is 6.92 Å². The van der Waals surface area contributed by atoms with Crippen molar-refractivity contribution >= 4 is 15.4 Å². The number of hydrogen-bond donors (Lipinski definition) is 0. The summed E-state index contributed by atoms with van der Waals surface area (Å²) in [6, 6.07) is 0. The summed E-state index contributed by atoms with van der Waals surface area (Å²) in [6.07, 6.45) is -4.89. The van der Waals surface area contributed by atoms with E-state index in [-0.39, 0.29) is 0 Å². The van der Waals surface area contributed by atoms with Gasteiger partial charge in [-0.3, -0.25) is 0 Å². The molecule has 2 atom stereocenters. The van der Waals surface area contributed by atoms with Crippen LogP contribution in [0.1, 0.15) is 6.92 Å². The molecule has 3 nitrogen and oxygen atoms in total.